The number of rotatable bonds is 5. The Bertz CT molecular complexity index is 278. The topological polar surface area (TPSA) is 18.5 Å². The van der Waals surface area contributed by atoms with E-state index in [1.54, 1.807) is 0 Å². The molecule has 0 radical (unpaired) electrons. The van der Waals surface area contributed by atoms with Gasteiger partial charge in [-0.1, -0.05) is 44.2 Å². The molecule has 0 aliphatic heterocycles. The predicted octanol–water partition coefficient (Wildman–Crippen LogP) is 3.53. The Morgan fingerprint density at radius 3 is 2.27 bits per heavy atom. The molecular formula is C13H20O2. The van der Waals surface area contributed by atoms with Crippen LogP contribution >= 0.6 is 0 Å². The lowest BCUT2D eigenvalue weighted by Gasteiger charge is -2.24. The lowest BCUT2D eigenvalue weighted by atomic mass is 9.99. The number of benzene rings is 1. The first-order valence-electron chi connectivity index (χ1n) is 5.38. The van der Waals surface area contributed by atoms with Crippen molar-refractivity contribution in [3.63, 3.8) is 0 Å². The summed E-state index contributed by atoms with van der Waals surface area (Å²) in [6, 6.07) is 10.1. The normalized spacial score (nSPS) is 12.1. The molecule has 84 valence electrons. The average Bonchev–Trinajstić information content (AvgIpc) is 2.18. The second-order valence-electron chi connectivity index (χ2n) is 4.64. The predicted molar refractivity (Wildman–Crippen MR) is 61.3 cm³/mol. The number of hydrogen-bond acceptors (Lipinski definition) is 2. The molecule has 0 heterocycles. The van der Waals surface area contributed by atoms with Crippen LogP contribution in [0, 0.1) is 5.92 Å². The first-order chi connectivity index (χ1) is 7.02. The quantitative estimate of drug-likeness (QED) is 0.544. The van der Waals surface area contributed by atoms with Crippen molar-refractivity contribution in [3.8, 4) is 0 Å². The molecule has 15 heavy (non-hydrogen) atoms. The fourth-order valence-corrected chi connectivity index (χ4v) is 1.21. The van der Waals surface area contributed by atoms with Gasteiger partial charge in [0, 0.05) is 0 Å². The Hall–Kier alpha value is -0.860. The van der Waals surface area contributed by atoms with E-state index in [-0.39, 0.29) is 0 Å². The molecular weight excluding hydrogens is 188 g/mol. The minimum absolute atomic E-state index is 0.393. The van der Waals surface area contributed by atoms with Crippen molar-refractivity contribution in [3.05, 3.63) is 35.9 Å². The van der Waals surface area contributed by atoms with Crippen molar-refractivity contribution in [1.29, 1.82) is 0 Å². The van der Waals surface area contributed by atoms with Crippen molar-refractivity contribution < 1.29 is 9.78 Å². The molecule has 0 unspecified atom stereocenters. The third-order valence-corrected chi connectivity index (χ3v) is 2.14. The van der Waals surface area contributed by atoms with Crippen LogP contribution in [-0.2, 0) is 15.4 Å². The van der Waals surface area contributed by atoms with Gasteiger partial charge in [0.15, 0.2) is 0 Å². The van der Waals surface area contributed by atoms with E-state index in [0.29, 0.717) is 12.5 Å². The molecule has 2 heteroatoms. The van der Waals surface area contributed by atoms with Crippen molar-refractivity contribution >= 4 is 0 Å². The molecule has 0 amide bonds. The van der Waals surface area contributed by atoms with E-state index < -0.39 is 5.60 Å². The summed E-state index contributed by atoms with van der Waals surface area (Å²) in [5.41, 5.74) is 0.727. The largest absolute Gasteiger partial charge is 0.236 e. The minimum atomic E-state index is -0.393. The maximum atomic E-state index is 5.43. The van der Waals surface area contributed by atoms with Gasteiger partial charge in [-0.2, -0.15) is 0 Å². The fraction of sp³-hybridized carbons (Fsp3) is 0.538. The van der Waals surface area contributed by atoms with E-state index in [1.165, 1.54) is 0 Å². The van der Waals surface area contributed by atoms with Gasteiger partial charge < -0.3 is 0 Å². The molecule has 2 nitrogen and oxygen atoms in total. The summed E-state index contributed by atoms with van der Waals surface area (Å²) < 4.78 is 0. The van der Waals surface area contributed by atoms with E-state index in [4.69, 9.17) is 9.78 Å². The zero-order valence-electron chi connectivity index (χ0n) is 9.99. The smallest absolute Gasteiger partial charge is 0.123 e. The molecule has 0 spiro atoms. The zero-order chi connectivity index (χ0) is 11.3. The zero-order valence-corrected chi connectivity index (χ0v) is 9.99. The minimum Gasteiger partial charge on any atom is -0.236 e. The van der Waals surface area contributed by atoms with Gasteiger partial charge in [0.05, 0.1) is 6.61 Å². The molecule has 0 bridgehead atoms. The highest BCUT2D eigenvalue weighted by Crippen LogP contribution is 2.24. The molecule has 0 aliphatic carbocycles. The van der Waals surface area contributed by atoms with Gasteiger partial charge in [0.25, 0.3) is 0 Å². The van der Waals surface area contributed by atoms with Crippen molar-refractivity contribution in [2.24, 2.45) is 5.92 Å². The summed E-state index contributed by atoms with van der Waals surface area (Å²) in [6.45, 7) is 8.82. The van der Waals surface area contributed by atoms with Crippen molar-refractivity contribution in [2.75, 3.05) is 6.61 Å². The summed E-state index contributed by atoms with van der Waals surface area (Å²) in [6.07, 6.45) is 0. The molecule has 0 N–H and O–H groups in total. The van der Waals surface area contributed by atoms with Gasteiger partial charge in [-0.25, -0.2) is 9.78 Å². The van der Waals surface area contributed by atoms with Gasteiger partial charge in [0.1, 0.15) is 5.60 Å². The number of hydrogen-bond donors (Lipinski definition) is 0. The van der Waals surface area contributed by atoms with Crippen LogP contribution in [0.2, 0.25) is 0 Å². The first kappa shape index (κ1) is 12.2. The molecule has 1 rings (SSSR count). The first-order valence-corrected chi connectivity index (χ1v) is 5.38. The van der Waals surface area contributed by atoms with Crippen LogP contribution in [0.25, 0.3) is 0 Å². The van der Waals surface area contributed by atoms with E-state index in [2.05, 4.69) is 13.8 Å². The van der Waals surface area contributed by atoms with E-state index in [1.807, 2.05) is 44.2 Å². The Kier molecular flexibility index (Phi) is 4.30. The molecule has 1 aromatic carbocycles. The molecule has 0 atom stereocenters. The standard InChI is InChI=1S/C13H20O2/c1-11(2)10-14-15-13(3,4)12-8-6-5-7-9-12/h5-9,11H,10H2,1-4H3. The van der Waals surface area contributed by atoms with Gasteiger partial charge in [-0.05, 0) is 25.3 Å². The highest BCUT2D eigenvalue weighted by Gasteiger charge is 2.22. The van der Waals surface area contributed by atoms with Crippen molar-refractivity contribution in [1.82, 2.24) is 0 Å². The summed E-state index contributed by atoms with van der Waals surface area (Å²) in [5.74, 6) is 0.483. The average molecular weight is 208 g/mol. The van der Waals surface area contributed by atoms with Gasteiger partial charge in [-0.15, -0.1) is 0 Å². The van der Waals surface area contributed by atoms with Crippen LogP contribution in [0.1, 0.15) is 33.3 Å². The van der Waals surface area contributed by atoms with E-state index in [9.17, 15) is 0 Å². The van der Waals surface area contributed by atoms with Crippen LogP contribution < -0.4 is 0 Å². The molecule has 0 aliphatic rings. The molecule has 0 aromatic heterocycles. The van der Waals surface area contributed by atoms with Crippen LogP contribution in [0.15, 0.2) is 30.3 Å². The third-order valence-electron chi connectivity index (χ3n) is 2.14. The van der Waals surface area contributed by atoms with E-state index >= 15 is 0 Å². The van der Waals surface area contributed by atoms with Crippen molar-refractivity contribution in [2.45, 2.75) is 33.3 Å². The van der Waals surface area contributed by atoms with E-state index in [0.717, 1.165) is 5.56 Å². The van der Waals surface area contributed by atoms with Gasteiger partial charge >= 0.3 is 0 Å². The van der Waals surface area contributed by atoms with Gasteiger partial charge in [-0.3, -0.25) is 0 Å². The monoisotopic (exact) mass is 208 g/mol. The second-order valence-corrected chi connectivity index (χ2v) is 4.64. The maximum Gasteiger partial charge on any atom is 0.123 e. The summed E-state index contributed by atoms with van der Waals surface area (Å²) >= 11 is 0. The maximum absolute atomic E-state index is 5.43. The lowest BCUT2D eigenvalue weighted by molar-refractivity contribution is -0.362. The molecule has 1 aromatic rings. The summed E-state index contributed by atoms with van der Waals surface area (Å²) in [5, 5.41) is 0. The van der Waals surface area contributed by atoms with Gasteiger partial charge in [0.2, 0.25) is 0 Å². The SMILES string of the molecule is CC(C)COOC(C)(C)c1ccccc1. The lowest BCUT2D eigenvalue weighted by Crippen LogP contribution is -2.22. The Morgan fingerprint density at radius 2 is 1.73 bits per heavy atom. The fourth-order valence-electron chi connectivity index (χ4n) is 1.21. The highest BCUT2D eigenvalue weighted by atomic mass is 17.2. The molecule has 0 fully saturated rings. The Labute approximate surface area is 92.1 Å². The molecule has 0 saturated carbocycles. The molecule has 0 saturated heterocycles. The Balaban J connectivity index is 2.52. The van der Waals surface area contributed by atoms with Crippen LogP contribution in [-0.4, -0.2) is 6.61 Å². The van der Waals surface area contributed by atoms with Crippen LogP contribution in [0.4, 0.5) is 0 Å². The van der Waals surface area contributed by atoms with Crippen LogP contribution in [0.3, 0.4) is 0 Å². The highest BCUT2D eigenvalue weighted by molar-refractivity contribution is 5.20. The summed E-state index contributed by atoms with van der Waals surface area (Å²) in [7, 11) is 0. The second kappa shape index (κ2) is 5.29. The summed E-state index contributed by atoms with van der Waals surface area (Å²) in [4.78, 5) is 10.6. The van der Waals surface area contributed by atoms with Crippen LogP contribution in [0.5, 0.6) is 0 Å². The Morgan fingerprint density at radius 1 is 1.13 bits per heavy atom. The third kappa shape index (κ3) is 4.02.